The third-order valence-electron chi connectivity index (χ3n) is 3.45. The van der Waals surface area contributed by atoms with Crippen LogP contribution in [0.3, 0.4) is 0 Å². The summed E-state index contributed by atoms with van der Waals surface area (Å²) in [6.07, 6.45) is 0. The molecule has 0 amide bonds. The molecule has 0 unspecified atom stereocenters. The highest BCUT2D eigenvalue weighted by atomic mass is 35.5. The summed E-state index contributed by atoms with van der Waals surface area (Å²) in [7, 11) is 0. The van der Waals surface area contributed by atoms with E-state index in [4.69, 9.17) is 35.0 Å². The summed E-state index contributed by atoms with van der Waals surface area (Å²) < 4.78 is 0. The first kappa shape index (κ1) is 14.4. The Kier molecular flexibility index (Phi) is 3.47. The van der Waals surface area contributed by atoms with E-state index in [1.807, 2.05) is 0 Å². The summed E-state index contributed by atoms with van der Waals surface area (Å²) >= 11 is 12.0. The van der Waals surface area contributed by atoms with E-state index in [2.05, 4.69) is 4.85 Å². The Morgan fingerprint density at radius 1 is 1.00 bits per heavy atom. The Hall–Kier alpha value is -2.59. The quantitative estimate of drug-likeness (QED) is 0.388. The van der Waals surface area contributed by atoms with Gasteiger partial charge in [0.05, 0.1) is 12.6 Å². The number of benzene rings is 2. The summed E-state index contributed by atoms with van der Waals surface area (Å²) in [5, 5.41) is 10.0. The van der Waals surface area contributed by atoms with Crippen LogP contribution in [0.2, 0.25) is 10.0 Å². The molecular weight excluding hydrogens is 319 g/mol. The lowest BCUT2D eigenvalue weighted by Gasteiger charge is -2.22. The molecule has 0 atom stereocenters. The van der Waals surface area contributed by atoms with Crippen molar-refractivity contribution in [2.75, 3.05) is 0 Å². The van der Waals surface area contributed by atoms with Crippen molar-refractivity contribution in [3.8, 4) is 17.2 Å². The van der Waals surface area contributed by atoms with E-state index in [-0.39, 0.29) is 17.1 Å². The van der Waals surface area contributed by atoms with Crippen LogP contribution in [0.25, 0.3) is 21.5 Å². The molecule has 104 valence electrons. The largest absolute Gasteiger partial charge is 0.290 e. The van der Waals surface area contributed by atoms with Crippen LogP contribution in [-0.4, -0.2) is 5.78 Å². The molecule has 1 aliphatic carbocycles. The predicted molar refractivity (Wildman–Crippen MR) is 85.4 cm³/mol. The molecule has 0 saturated heterocycles. The molecule has 3 rings (SSSR count). The van der Waals surface area contributed by atoms with Crippen LogP contribution in [0.1, 0.15) is 15.9 Å². The van der Waals surface area contributed by atoms with Crippen LogP contribution < -0.4 is 0 Å². The van der Waals surface area contributed by atoms with Crippen molar-refractivity contribution in [3.63, 3.8) is 0 Å². The van der Waals surface area contributed by atoms with Crippen molar-refractivity contribution in [1.82, 2.24) is 0 Å². The van der Waals surface area contributed by atoms with Gasteiger partial charge in [-0.2, -0.15) is 0 Å². The number of halogens is 2. The lowest BCUT2D eigenvalue weighted by atomic mass is 9.80. The zero-order valence-electron chi connectivity index (χ0n) is 11.0. The molecule has 0 saturated carbocycles. The molecule has 0 radical (unpaired) electrons. The normalized spacial score (nSPS) is 14.5. The van der Waals surface area contributed by atoms with Crippen LogP contribution in [-0.2, 0) is 0 Å². The number of nitriles is 1. The monoisotopic (exact) mass is 324 g/mol. The van der Waals surface area contributed by atoms with Crippen LogP contribution in [0, 0.1) is 17.9 Å². The Morgan fingerprint density at radius 2 is 1.55 bits per heavy atom. The fraction of sp³-hybridized carbons (Fsp3) is 0. The number of Topliss-reactive ketones (excluding diaryl/α,β-unsaturated/α-hetero) is 1. The number of fused-ring (bicyclic) bond motifs is 3. The van der Waals surface area contributed by atoms with Crippen LogP contribution in [0.5, 0.6) is 0 Å². The summed E-state index contributed by atoms with van der Waals surface area (Å²) in [6, 6.07) is 11.9. The second-order valence-electron chi connectivity index (χ2n) is 4.66. The SMILES string of the molecule is [C-]#[N+]/C(C#N)=C1\C(=O)c2cc(Cl)ccc2-c2ccc(Cl)cc21. The van der Waals surface area contributed by atoms with Crippen LogP contribution >= 0.6 is 23.2 Å². The van der Waals surface area contributed by atoms with Gasteiger partial charge in [-0.1, -0.05) is 35.3 Å². The second-order valence-corrected chi connectivity index (χ2v) is 5.53. The van der Waals surface area contributed by atoms with E-state index >= 15 is 0 Å². The first-order valence-corrected chi connectivity index (χ1v) is 6.98. The molecule has 0 fully saturated rings. The summed E-state index contributed by atoms with van der Waals surface area (Å²) in [5.74, 6) is -0.389. The molecular formula is C17H6Cl2N2O. The molecule has 2 aromatic rings. The van der Waals surface area contributed by atoms with E-state index in [1.54, 1.807) is 42.5 Å². The van der Waals surface area contributed by atoms with E-state index in [0.29, 0.717) is 26.7 Å². The molecule has 0 aliphatic heterocycles. The second kappa shape index (κ2) is 5.31. The van der Waals surface area contributed by atoms with Gasteiger partial charge in [-0.3, -0.25) is 4.79 Å². The molecule has 5 heteroatoms. The summed E-state index contributed by atoms with van der Waals surface area (Å²) in [4.78, 5) is 15.9. The minimum atomic E-state index is -0.389. The van der Waals surface area contributed by atoms with Crippen molar-refractivity contribution < 1.29 is 4.79 Å². The fourth-order valence-corrected chi connectivity index (χ4v) is 2.87. The van der Waals surface area contributed by atoms with Gasteiger partial charge in [-0.25, -0.2) is 10.1 Å². The maximum absolute atomic E-state index is 12.7. The number of hydrogen-bond donors (Lipinski definition) is 0. The smallest absolute Gasteiger partial charge is 0.273 e. The van der Waals surface area contributed by atoms with E-state index < -0.39 is 0 Å². The first-order chi connectivity index (χ1) is 10.6. The standard InChI is InChI=1S/C17H6Cl2N2O/c1-21-15(8-20)16-13-6-9(18)2-4-11(13)12-5-3-10(19)7-14(12)17(16)22/h2-7H/b16-15-. The van der Waals surface area contributed by atoms with Crippen molar-refractivity contribution in [3.05, 3.63) is 74.7 Å². The topological polar surface area (TPSA) is 45.2 Å². The zero-order chi connectivity index (χ0) is 15.9. The number of carbonyl (C=O) groups is 1. The Morgan fingerprint density at radius 3 is 2.09 bits per heavy atom. The average Bonchev–Trinajstić information content (AvgIpc) is 2.51. The Balaban J connectivity index is 2.47. The van der Waals surface area contributed by atoms with Gasteiger partial charge in [-0.15, -0.1) is 0 Å². The number of rotatable bonds is 0. The first-order valence-electron chi connectivity index (χ1n) is 6.23. The van der Waals surface area contributed by atoms with E-state index in [0.717, 1.165) is 5.56 Å². The third-order valence-corrected chi connectivity index (χ3v) is 3.92. The van der Waals surface area contributed by atoms with Gasteiger partial charge in [0.25, 0.3) is 5.70 Å². The minimum Gasteiger partial charge on any atom is -0.290 e. The molecule has 0 spiro atoms. The summed E-state index contributed by atoms with van der Waals surface area (Å²) in [6.45, 7) is 7.14. The molecule has 0 aromatic heterocycles. The molecule has 1 aliphatic rings. The van der Waals surface area contributed by atoms with Crippen molar-refractivity contribution in [2.45, 2.75) is 0 Å². The third kappa shape index (κ3) is 2.09. The van der Waals surface area contributed by atoms with Crippen LogP contribution in [0.4, 0.5) is 0 Å². The van der Waals surface area contributed by atoms with E-state index in [9.17, 15) is 4.79 Å². The van der Waals surface area contributed by atoms with Gasteiger partial charge in [-0.05, 0) is 41.0 Å². The van der Waals surface area contributed by atoms with Crippen molar-refractivity contribution in [1.29, 1.82) is 5.26 Å². The summed E-state index contributed by atoms with van der Waals surface area (Å²) in [5.41, 5.74) is 2.17. The Bertz CT molecular complexity index is 930. The van der Waals surface area contributed by atoms with Gasteiger partial charge in [0.1, 0.15) is 0 Å². The van der Waals surface area contributed by atoms with Gasteiger partial charge in [0, 0.05) is 21.2 Å². The van der Waals surface area contributed by atoms with Gasteiger partial charge < -0.3 is 0 Å². The highest BCUT2D eigenvalue weighted by Crippen LogP contribution is 2.42. The highest BCUT2D eigenvalue weighted by molar-refractivity contribution is 6.38. The van der Waals surface area contributed by atoms with Gasteiger partial charge in [0.15, 0.2) is 5.78 Å². The molecule has 2 aromatic carbocycles. The fourth-order valence-electron chi connectivity index (χ4n) is 2.53. The molecule has 0 bridgehead atoms. The van der Waals surface area contributed by atoms with Gasteiger partial charge >= 0.3 is 0 Å². The zero-order valence-corrected chi connectivity index (χ0v) is 12.5. The number of carbonyl (C=O) groups excluding carboxylic acids is 1. The lowest BCUT2D eigenvalue weighted by molar-refractivity contribution is 0.105. The molecule has 0 heterocycles. The van der Waals surface area contributed by atoms with Gasteiger partial charge in [0.2, 0.25) is 0 Å². The average molecular weight is 325 g/mol. The van der Waals surface area contributed by atoms with Crippen molar-refractivity contribution >= 4 is 34.6 Å². The van der Waals surface area contributed by atoms with Crippen LogP contribution in [0.15, 0.2) is 42.1 Å². The minimum absolute atomic E-state index is 0.0739. The maximum Gasteiger partial charge on any atom is 0.273 e. The highest BCUT2D eigenvalue weighted by Gasteiger charge is 2.30. The molecule has 22 heavy (non-hydrogen) atoms. The number of ketones is 1. The van der Waals surface area contributed by atoms with E-state index in [1.165, 1.54) is 0 Å². The Labute approximate surface area is 136 Å². The molecule has 0 N–H and O–H groups in total. The van der Waals surface area contributed by atoms with Crippen molar-refractivity contribution in [2.24, 2.45) is 0 Å². The number of hydrogen-bond acceptors (Lipinski definition) is 2. The maximum atomic E-state index is 12.7. The molecule has 3 nitrogen and oxygen atoms in total. The lowest BCUT2D eigenvalue weighted by Crippen LogP contribution is -2.13. The number of allylic oxidation sites excluding steroid dienone is 2. The predicted octanol–water partition coefficient (Wildman–Crippen LogP) is 5.01. The number of nitrogens with zero attached hydrogens (tertiary/aromatic N) is 2.